The number of phosphoric acid groups is 1. The van der Waals surface area contributed by atoms with Crippen LogP contribution in [0.25, 0.3) is 0 Å². The van der Waals surface area contributed by atoms with Gasteiger partial charge in [0.2, 0.25) is 5.91 Å². The van der Waals surface area contributed by atoms with E-state index in [0.717, 1.165) is 44.9 Å². The fourth-order valence-corrected chi connectivity index (χ4v) is 8.33. The first kappa shape index (κ1) is 54.1. The first-order chi connectivity index (χ1) is 27.3. The summed E-state index contributed by atoms with van der Waals surface area (Å²) in [5.74, 6) is -0.591. The van der Waals surface area contributed by atoms with E-state index in [1.54, 1.807) is 6.08 Å². The minimum atomic E-state index is -5.13. The number of amides is 1. The Labute approximate surface area is 344 Å². The zero-order valence-electron chi connectivity index (χ0n) is 35.5. The number of unbranched alkanes of at least 4 members (excludes halogenated alkanes) is 24. The van der Waals surface area contributed by atoms with E-state index in [4.69, 9.17) is 9.05 Å². The van der Waals surface area contributed by atoms with Crippen LogP contribution in [-0.4, -0.2) is 108 Å². The van der Waals surface area contributed by atoms with Crippen LogP contribution in [-0.2, 0) is 18.4 Å². The van der Waals surface area contributed by atoms with E-state index in [1.807, 2.05) is 0 Å². The van der Waals surface area contributed by atoms with Crippen LogP contribution in [0.4, 0.5) is 0 Å². The summed E-state index contributed by atoms with van der Waals surface area (Å²) in [6, 6.07) is -1.23. The highest BCUT2D eigenvalue weighted by Crippen LogP contribution is 2.47. The number of aliphatic hydroxyl groups is 7. The number of phosphoric ester groups is 1. The maximum Gasteiger partial charge on any atom is 0.472 e. The number of carbonyl (C=O) groups excluding carboxylic acids is 1. The van der Waals surface area contributed by atoms with Gasteiger partial charge in [-0.2, -0.15) is 0 Å². The van der Waals surface area contributed by atoms with Crippen molar-refractivity contribution < 1.29 is 59.0 Å². The van der Waals surface area contributed by atoms with E-state index in [2.05, 4.69) is 19.2 Å². The molecule has 57 heavy (non-hydrogen) atoms. The summed E-state index contributed by atoms with van der Waals surface area (Å²) in [4.78, 5) is 23.4. The third-order valence-corrected chi connectivity index (χ3v) is 12.1. The van der Waals surface area contributed by atoms with Crippen molar-refractivity contribution in [1.29, 1.82) is 0 Å². The van der Waals surface area contributed by atoms with Crippen LogP contribution in [0.2, 0.25) is 0 Å². The van der Waals surface area contributed by atoms with E-state index in [-0.39, 0.29) is 6.42 Å². The predicted molar refractivity (Wildman–Crippen MR) is 224 cm³/mol. The van der Waals surface area contributed by atoms with Crippen LogP contribution in [0.3, 0.4) is 0 Å². The van der Waals surface area contributed by atoms with Crippen molar-refractivity contribution in [3.8, 4) is 0 Å². The van der Waals surface area contributed by atoms with E-state index in [9.17, 15) is 50.0 Å². The fraction of sp³-hybridized carbons (Fsp3) is 0.930. The van der Waals surface area contributed by atoms with Gasteiger partial charge in [0.05, 0.1) is 31.3 Å². The Balaban J connectivity index is 2.58. The third-order valence-electron chi connectivity index (χ3n) is 11.1. The molecule has 0 aromatic heterocycles. The molecule has 0 aliphatic heterocycles. The molecule has 338 valence electrons. The Hall–Kier alpha value is -0.960. The molecule has 9 N–H and O–H groups in total. The van der Waals surface area contributed by atoms with Crippen molar-refractivity contribution in [2.24, 2.45) is 0 Å². The van der Waals surface area contributed by atoms with Gasteiger partial charge in [-0.15, -0.1) is 0 Å². The summed E-state index contributed by atoms with van der Waals surface area (Å²) in [7, 11) is -5.13. The van der Waals surface area contributed by atoms with Crippen molar-refractivity contribution in [2.75, 3.05) is 6.61 Å². The number of hydrogen-bond acceptors (Lipinski definition) is 11. The fourth-order valence-electron chi connectivity index (χ4n) is 7.36. The Morgan fingerprint density at radius 1 is 0.614 bits per heavy atom. The van der Waals surface area contributed by atoms with Crippen molar-refractivity contribution in [3.63, 3.8) is 0 Å². The van der Waals surface area contributed by atoms with Gasteiger partial charge in [-0.25, -0.2) is 4.57 Å². The van der Waals surface area contributed by atoms with Crippen LogP contribution in [0.1, 0.15) is 194 Å². The van der Waals surface area contributed by atoms with Gasteiger partial charge in [-0.3, -0.25) is 13.8 Å². The smallest absolute Gasteiger partial charge is 0.393 e. The van der Waals surface area contributed by atoms with Gasteiger partial charge >= 0.3 is 7.82 Å². The molecule has 0 aromatic rings. The van der Waals surface area contributed by atoms with E-state index < -0.39 is 75.2 Å². The maximum atomic E-state index is 13.0. The largest absolute Gasteiger partial charge is 0.472 e. The lowest BCUT2D eigenvalue weighted by molar-refractivity contribution is -0.220. The normalized spacial score (nSPS) is 24.0. The number of rotatable bonds is 37. The van der Waals surface area contributed by atoms with E-state index in [0.29, 0.717) is 12.8 Å². The molecular weight excluding hydrogens is 753 g/mol. The van der Waals surface area contributed by atoms with Crippen LogP contribution >= 0.6 is 7.82 Å². The first-order valence-corrected chi connectivity index (χ1v) is 24.2. The number of hydrogen-bond donors (Lipinski definition) is 9. The second-order valence-electron chi connectivity index (χ2n) is 16.4. The van der Waals surface area contributed by atoms with Crippen molar-refractivity contribution in [2.45, 2.75) is 249 Å². The van der Waals surface area contributed by atoms with Gasteiger partial charge in [0, 0.05) is 0 Å². The molecule has 0 aromatic carbocycles. The molecule has 1 fully saturated rings. The minimum Gasteiger partial charge on any atom is -0.393 e. The molecule has 0 radical (unpaired) electrons. The predicted octanol–water partition coefficient (Wildman–Crippen LogP) is 7.03. The molecular formula is C43H84NO12P. The van der Waals surface area contributed by atoms with Crippen molar-refractivity contribution in [1.82, 2.24) is 5.32 Å². The van der Waals surface area contributed by atoms with Crippen LogP contribution < -0.4 is 5.32 Å². The third kappa shape index (κ3) is 26.1. The molecule has 1 rings (SSSR count). The molecule has 1 aliphatic carbocycles. The van der Waals surface area contributed by atoms with Gasteiger partial charge in [0.15, 0.2) is 0 Å². The lowest BCUT2D eigenvalue weighted by Gasteiger charge is -2.41. The zero-order chi connectivity index (χ0) is 42.3. The molecule has 14 heteroatoms. The van der Waals surface area contributed by atoms with Crippen molar-refractivity contribution >= 4 is 13.7 Å². The Kier molecular flexibility index (Phi) is 32.0. The number of aliphatic hydroxyl groups excluding tert-OH is 7. The monoisotopic (exact) mass is 838 g/mol. The van der Waals surface area contributed by atoms with Crippen molar-refractivity contribution in [3.05, 3.63) is 12.2 Å². The van der Waals surface area contributed by atoms with Crippen LogP contribution in [0, 0.1) is 0 Å². The highest BCUT2D eigenvalue weighted by molar-refractivity contribution is 7.47. The second-order valence-corrected chi connectivity index (χ2v) is 17.9. The quantitative estimate of drug-likeness (QED) is 0.0175. The average Bonchev–Trinajstić information content (AvgIpc) is 3.18. The molecule has 0 bridgehead atoms. The van der Waals surface area contributed by atoms with E-state index >= 15 is 0 Å². The van der Waals surface area contributed by atoms with Gasteiger partial charge < -0.3 is 46.0 Å². The highest BCUT2D eigenvalue weighted by atomic mass is 31.2. The second kappa shape index (κ2) is 33.7. The molecule has 0 heterocycles. The summed E-state index contributed by atoms with van der Waals surface area (Å²) in [5.41, 5.74) is 0. The summed E-state index contributed by atoms with van der Waals surface area (Å²) in [6.45, 7) is 3.73. The van der Waals surface area contributed by atoms with Gasteiger partial charge in [0.25, 0.3) is 0 Å². The molecule has 1 saturated carbocycles. The first-order valence-electron chi connectivity index (χ1n) is 22.7. The standard InChI is InChI=1S/C43H84NO12P/c1-3-5-7-9-11-13-15-17-19-21-23-25-27-29-31-36(46)35(33-55-57(53,54)56-43-41(51)39(49)38(48)40(50)42(43)52)44-37(47)32-34(45)30-28-26-24-22-20-18-16-14-12-10-8-6-4-2/h29,31,34-36,38-43,45-46,48-52H,3-28,30,32-33H2,1-2H3,(H,44,47)(H,53,54)/b31-29+. The average molecular weight is 838 g/mol. The molecule has 13 nitrogen and oxygen atoms in total. The molecule has 0 spiro atoms. The van der Waals surface area contributed by atoms with Gasteiger partial charge in [-0.05, 0) is 19.3 Å². The highest BCUT2D eigenvalue weighted by Gasteiger charge is 2.51. The number of carbonyl (C=O) groups is 1. The summed E-state index contributed by atoms with van der Waals surface area (Å²) in [5, 5.41) is 74.3. The summed E-state index contributed by atoms with van der Waals surface area (Å²) >= 11 is 0. The van der Waals surface area contributed by atoms with Crippen LogP contribution in [0.5, 0.6) is 0 Å². The Morgan fingerprint density at radius 3 is 1.44 bits per heavy atom. The molecule has 1 aliphatic rings. The number of nitrogens with one attached hydrogen (secondary N) is 1. The maximum absolute atomic E-state index is 13.0. The molecule has 8 atom stereocenters. The Morgan fingerprint density at radius 2 is 1.00 bits per heavy atom. The number of allylic oxidation sites excluding steroid dienone is 1. The summed E-state index contributed by atoms with van der Waals surface area (Å²) in [6.07, 6.45) is 20.2. The lowest BCUT2D eigenvalue weighted by atomic mass is 9.85. The van der Waals surface area contributed by atoms with E-state index in [1.165, 1.54) is 122 Å². The summed E-state index contributed by atoms with van der Waals surface area (Å²) < 4.78 is 22.8. The minimum absolute atomic E-state index is 0.240. The SMILES string of the molecule is CCCCCCCCCCCCCC/C=C/C(O)C(COP(=O)(O)OC1C(O)C(O)C(O)C(O)C1O)NC(=O)CC(O)CCCCCCCCCCCCCCC. The molecule has 8 unspecified atom stereocenters. The zero-order valence-corrected chi connectivity index (χ0v) is 36.4. The topological polar surface area (TPSA) is 226 Å². The van der Waals surface area contributed by atoms with Crippen LogP contribution in [0.15, 0.2) is 12.2 Å². The van der Waals surface area contributed by atoms with Gasteiger partial charge in [-0.1, -0.05) is 180 Å². The Bertz CT molecular complexity index is 1040. The molecule has 1 amide bonds. The molecule has 0 saturated heterocycles. The lowest BCUT2D eigenvalue weighted by Crippen LogP contribution is -2.64. The van der Waals surface area contributed by atoms with Gasteiger partial charge in [0.1, 0.15) is 36.6 Å².